The lowest BCUT2D eigenvalue weighted by Crippen LogP contribution is -2.13. The Morgan fingerprint density at radius 1 is 0.617 bits per heavy atom. The van der Waals surface area contributed by atoms with Gasteiger partial charge in [-0.2, -0.15) is 26.3 Å². The minimum absolute atomic E-state index is 0.00213. The molecule has 0 spiro atoms. The molecule has 0 amide bonds. The van der Waals surface area contributed by atoms with Crippen LogP contribution in [0.4, 0.5) is 42.1 Å². The number of anilines is 2. The van der Waals surface area contributed by atoms with Gasteiger partial charge in [0.15, 0.2) is 23.1 Å². The summed E-state index contributed by atoms with van der Waals surface area (Å²) in [5, 5.41) is 21.3. The van der Waals surface area contributed by atoms with Gasteiger partial charge in [0.05, 0.1) is 54.0 Å². The van der Waals surface area contributed by atoms with E-state index in [1.54, 1.807) is 26.0 Å². The van der Waals surface area contributed by atoms with Crippen LogP contribution in [0.1, 0.15) is 82.5 Å². The van der Waals surface area contributed by atoms with Crippen LogP contribution in [0.25, 0.3) is 0 Å². The molecule has 0 heterocycles. The zero-order valence-electron chi connectivity index (χ0n) is 33.1. The predicted molar refractivity (Wildman–Crippen MR) is 211 cm³/mol. The van der Waals surface area contributed by atoms with Gasteiger partial charge in [0.25, 0.3) is 0 Å². The molecular formula is C42H44ClF7N2O8. The minimum Gasteiger partial charge on any atom is -0.507 e. The molecule has 4 aromatic rings. The molecule has 0 unspecified atom stereocenters. The van der Waals surface area contributed by atoms with E-state index in [4.69, 9.17) is 30.5 Å². The molecule has 0 fully saturated rings. The van der Waals surface area contributed by atoms with Crippen LogP contribution in [-0.4, -0.2) is 60.6 Å². The molecule has 0 aliphatic heterocycles. The number of ketones is 2. The number of Topliss-reactive ketones (excluding diaryl/α,β-unsaturated/α-hetero) is 2. The number of phenolic OH excluding ortho intramolecular Hbond substituents is 2. The number of ether oxygens (including phenoxy) is 4. The lowest BCUT2D eigenvalue weighted by atomic mass is 10.0. The van der Waals surface area contributed by atoms with Crippen molar-refractivity contribution in [3.05, 3.63) is 92.8 Å². The van der Waals surface area contributed by atoms with Crippen LogP contribution in [0.5, 0.6) is 34.5 Å². The monoisotopic (exact) mass is 872 g/mol. The zero-order valence-corrected chi connectivity index (χ0v) is 33.8. The van der Waals surface area contributed by atoms with E-state index >= 15 is 0 Å². The van der Waals surface area contributed by atoms with E-state index in [9.17, 15) is 50.5 Å². The van der Waals surface area contributed by atoms with E-state index in [-0.39, 0.29) is 83.8 Å². The number of carbonyl (C=O) groups excluding carboxylic acids is 2. The second kappa shape index (κ2) is 20.6. The molecule has 0 aromatic heterocycles. The van der Waals surface area contributed by atoms with E-state index < -0.39 is 66.9 Å². The third-order valence-corrected chi connectivity index (χ3v) is 9.35. The van der Waals surface area contributed by atoms with E-state index in [1.807, 2.05) is 0 Å². The van der Waals surface area contributed by atoms with Crippen LogP contribution in [0.15, 0.2) is 48.5 Å². The highest BCUT2D eigenvalue weighted by atomic mass is 35.5. The molecule has 0 saturated carbocycles. The summed E-state index contributed by atoms with van der Waals surface area (Å²) in [6, 6.07) is 11.2. The maximum absolute atomic E-state index is 14.9. The van der Waals surface area contributed by atoms with Gasteiger partial charge in [-0.25, -0.2) is 4.39 Å². The molecule has 18 heteroatoms. The summed E-state index contributed by atoms with van der Waals surface area (Å²) in [7, 11) is 0. The number of nitrogens with one attached hydrogen (secondary N) is 2. The van der Waals surface area contributed by atoms with Gasteiger partial charge in [-0.1, -0.05) is 11.6 Å². The van der Waals surface area contributed by atoms with E-state index in [2.05, 4.69) is 10.9 Å². The number of benzene rings is 4. The Balaban J connectivity index is 1.32. The normalized spacial score (nSPS) is 11.6. The Kier molecular flexibility index (Phi) is 16.2. The number of hydrogen-bond donors (Lipinski definition) is 4. The third kappa shape index (κ3) is 13.5. The summed E-state index contributed by atoms with van der Waals surface area (Å²) in [6.45, 7) is 5.80. The minimum atomic E-state index is -4.50. The number of hydrogen-bond acceptors (Lipinski definition) is 10. The van der Waals surface area contributed by atoms with Gasteiger partial charge < -0.3 is 40.0 Å². The third-order valence-electron chi connectivity index (χ3n) is 9.05. The summed E-state index contributed by atoms with van der Waals surface area (Å²) in [4.78, 5) is 23.7. The highest BCUT2D eigenvalue weighted by molar-refractivity contribution is 6.32. The van der Waals surface area contributed by atoms with Gasteiger partial charge in [-0.15, -0.1) is 0 Å². The summed E-state index contributed by atoms with van der Waals surface area (Å²) >= 11 is 6.43. The van der Waals surface area contributed by atoms with Gasteiger partial charge in [-0.3, -0.25) is 9.59 Å². The van der Waals surface area contributed by atoms with Gasteiger partial charge in [0.1, 0.15) is 28.7 Å². The summed E-state index contributed by atoms with van der Waals surface area (Å²) in [5.74, 6) is -2.61. The highest BCUT2D eigenvalue weighted by Crippen LogP contribution is 2.38. The van der Waals surface area contributed by atoms with Crippen molar-refractivity contribution in [2.45, 2.75) is 78.6 Å². The first-order chi connectivity index (χ1) is 28.1. The number of aryl methyl sites for hydroxylation is 2. The number of alkyl halides is 6. The molecule has 0 aliphatic rings. The molecule has 0 saturated heterocycles. The van der Waals surface area contributed by atoms with Gasteiger partial charge in [-0.05, 0) is 88.1 Å². The van der Waals surface area contributed by atoms with E-state index in [0.29, 0.717) is 28.3 Å². The summed E-state index contributed by atoms with van der Waals surface area (Å²) in [6.07, 6.45) is -12.2. The SMILES string of the molecule is CC(=O)c1ccc(OCCCOc2cc(NNc3cc(OCCCOc4ccc(C(C)=O)c(O)c4CCC(F)(F)F)c(Cl)cc3C)c(C)cc2F)c(CCC(F)(F)F)c1O. The van der Waals surface area contributed by atoms with Crippen LogP contribution in [0.3, 0.4) is 0 Å². The topological polar surface area (TPSA) is 136 Å². The fraction of sp³-hybridized carbons (Fsp3) is 0.381. The van der Waals surface area contributed by atoms with Crippen molar-refractivity contribution in [1.29, 1.82) is 0 Å². The average Bonchev–Trinajstić information content (AvgIpc) is 3.14. The number of rotatable bonds is 21. The highest BCUT2D eigenvalue weighted by Gasteiger charge is 2.30. The first kappa shape index (κ1) is 47.1. The molecule has 0 bridgehead atoms. The Hall–Kier alpha value is -5.58. The zero-order chi connectivity index (χ0) is 44.4. The van der Waals surface area contributed by atoms with Crippen LogP contribution < -0.4 is 29.8 Å². The molecule has 60 heavy (non-hydrogen) atoms. The van der Waals surface area contributed by atoms with Crippen molar-refractivity contribution in [1.82, 2.24) is 0 Å². The van der Waals surface area contributed by atoms with Crippen LogP contribution in [0, 0.1) is 19.7 Å². The Morgan fingerprint density at radius 3 is 1.42 bits per heavy atom. The Labute approximate surface area is 346 Å². The molecule has 4 aromatic carbocycles. The quantitative estimate of drug-likeness (QED) is 0.0277. The van der Waals surface area contributed by atoms with Crippen molar-refractivity contribution in [2.75, 3.05) is 37.3 Å². The van der Waals surface area contributed by atoms with Crippen molar-refractivity contribution < 1.29 is 69.5 Å². The number of aromatic hydroxyl groups is 2. The van der Waals surface area contributed by atoms with Crippen molar-refractivity contribution in [2.24, 2.45) is 0 Å². The van der Waals surface area contributed by atoms with E-state index in [0.717, 1.165) is 0 Å². The number of halogens is 8. The van der Waals surface area contributed by atoms with Crippen LogP contribution in [0.2, 0.25) is 5.02 Å². The molecule has 4 N–H and O–H groups in total. The maximum Gasteiger partial charge on any atom is 0.389 e. The van der Waals surface area contributed by atoms with Gasteiger partial charge in [0, 0.05) is 48.9 Å². The van der Waals surface area contributed by atoms with Crippen molar-refractivity contribution in [3.8, 4) is 34.5 Å². The van der Waals surface area contributed by atoms with Crippen LogP contribution in [-0.2, 0) is 12.8 Å². The molecule has 0 radical (unpaired) electrons. The van der Waals surface area contributed by atoms with Gasteiger partial charge >= 0.3 is 12.4 Å². The van der Waals surface area contributed by atoms with Crippen molar-refractivity contribution >= 4 is 34.5 Å². The first-order valence-corrected chi connectivity index (χ1v) is 19.0. The lowest BCUT2D eigenvalue weighted by Gasteiger charge is -2.18. The Morgan fingerprint density at radius 2 is 1.00 bits per heavy atom. The smallest absolute Gasteiger partial charge is 0.389 e. The maximum atomic E-state index is 14.9. The number of phenols is 2. The molecule has 10 nitrogen and oxygen atoms in total. The van der Waals surface area contributed by atoms with Crippen LogP contribution >= 0.6 is 11.6 Å². The summed E-state index contributed by atoms with van der Waals surface area (Å²) in [5.41, 5.74) is 7.77. The lowest BCUT2D eigenvalue weighted by molar-refractivity contribution is -0.135. The van der Waals surface area contributed by atoms with E-state index in [1.165, 1.54) is 50.2 Å². The van der Waals surface area contributed by atoms with Crippen molar-refractivity contribution in [3.63, 3.8) is 0 Å². The molecule has 326 valence electrons. The second-order valence-electron chi connectivity index (χ2n) is 13.8. The fourth-order valence-corrected chi connectivity index (χ4v) is 6.14. The molecule has 0 atom stereocenters. The summed E-state index contributed by atoms with van der Waals surface area (Å²) < 4.78 is 115. The molecule has 0 aliphatic carbocycles. The standard InChI is InChI=1S/C42H44ClF7N2O8/c1-23-19-31(43)37(59-17-5-15-57-35-9-7-27(25(3)53)39(55)29(35)11-13-41(45,46)47)21-33(23)51-52-34-22-38(32(44)20-24(34)2)60-18-6-16-58-36-10-8-28(26(4)54)40(56)30(36)12-14-42(48,49)50/h7-10,19-22,51-52,55-56H,5-6,11-18H2,1-4H3. The molecular weight excluding hydrogens is 829 g/mol. The predicted octanol–water partition coefficient (Wildman–Crippen LogP) is 11.0. The molecule has 4 rings (SSSR count). The fourth-order valence-electron chi connectivity index (χ4n) is 5.87. The second-order valence-corrected chi connectivity index (χ2v) is 14.2. The Bertz CT molecular complexity index is 2010. The van der Waals surface area contributed by atoms with Gasteiger partial charge in [0.2, 0.25) is 0 Å². The number of carbonyl (C=O) groups is 2. The average molecular weight is 873 g/mol. The largest absolute Gasteiger partial charge is 0.507 e. The number of hydrazine groups is 1. The first-order valence-electron chi connectivity index (χ1n) is 18.6.